The summed E-state index contributed by atoms with van der Waals surface area (Å²) >= 11 is 3.51. The van der Waals surface area contributed by atoms with Crippen LogP contribution in [-0.4, -0.2) is 13.0 Å². The molecule has 0 radical (unpaired) electrons. The molecule has 6 heteroatoms. The van der Waals surface area contributed by atoms with E-state index >= 15 is 0 Å². The number of nitrogens with one attached hydrogen (secondary N) is 1. The molecule has 3 aromatic carbocycles. The standard InChI is InChI=1S/C26H23BrN2O3/c1-3-18-8-11-22(12-9-18)29-26(30)21(16-28)14-19-10-13-24(25(15-19)31-2)32-17-20-6-4-5-7-23(20)27/h4-15H,3,17H2,1-2H3,(H,29,30)/b21-14+. The fraction of sp³-hybridized carbons (Fsp3) is 0.154. The fourth-order valence-corrected chi connectivity index (χ4v) is 3.40. The van der Waals surface area contributed by atoms with Gasteiger partial charge in [-0.2, -0.15) is 5.26 Å². The Morgan fingerprint density at radius 3 is 2.50 bits per heavy atom. The van der Waals surface area contributed by atoms with Gasteiger partial charge in [0.05, 0.1) is 7.11 Å². The summed E-state index contributed by atoms with van der Waals surface area (Å²) in [6.45, 7) is 2.44. The fourth-order valence-electron chi connectivity index (χ4n) is 3.00. The minimum absolute atomic E-state index is 0.00601. The van der Waals surface area contributed by atoms with Crippen molar-refractivity contribution < 1.29 is 14.3 Å². The third-order valence-corrected chi connectivity index (χ3v) is 5.60. The van der Waals surface area contributed by atoms with Crippen molar-refractivity contribution in [3.05, 3.63) is 93.5 Å². The number of methoxy groups -OCH3 is 1. The number of hydrogen-bond donors (Lipinski definition) is 1. The minimum Gasteiger partial charge on any atom is -0.493 e. The van der Waals surface area contributed by atoms with Crippen molar-refractivity contribution in [2.24, 2.45) is 0 Å². The molecule has 1 N–H and O–H groups in total. The van der Waals surface area contributed by atoms with Crippen molar-refractivity contribution in [2.45, 2.75) is 20.0 Å². The number of nitrogens with zero attached hydrogens (tertiary/aromatic N) is 1. The number of carbonyl (C=O) groups is 1. The van der Waals surface area contributed by atoms with Crippen LogP contribution in [0.2, 0.25) is 0 Å². The highest BCUT2D eigenvalue weighted by Crippen LogP contribution is 2.30. The Hall–Kier alpha value is -3.56. The summed E-state index contributed by atoms with van der Waals surface area (Å²) in [4.78, 5) is 12.6. The van der Waals surface area contributed by atoms with Gasteiger partial charge in [-0.25, -0.2) is 0 Å². The molecule has 0 aromatic heterocycles. The number of ether oxygens (including phenoxy) is 2. The predicted molar refractivity (Wildman–Crippen MR) is 130 cm³/mol. The van der Waals surface area contributed by atoms with E-state index in [4.69, 9.17) is 9.47 Å². The second-order valence-electron chi connectivity index (χ2n) is 6.96. The number of nitriles is 1. The average Bonchev–Trinajstić information content (AvgIpc) is 2.82. The van der Waals surface area contributed by atoms with Crippen molar-refractivity contribution in [3.8, 4) is 17.6 Å². The molecule has 0 fully saturated rings. The van der Waals surface area contributed by atoms with Crippen LogP contribution in [0.4, 0.5) is 5.69 Å². The van der Waals surface area contributed by atoms with E-state index in [9.17, 15) is 10.1 Å². The molecule has 3 rings (SSSR count). The summed E-state index contributed by atoms with van der Waals surface area (Å²) in [6.07, 6.45) is 2.44. The van der Waals surface area contributed by atoms with Crippen LogP contribution < -0.4 is 14.8 Å². The molecule has 0 bridgehead atoms. The molecule has 1 amide bonds. The van der Waals surface area contributed by atoms with Crippen LogP contribution in [0.1, 0.15) is 23.6 Å². The SMILES string of the molecule is CCc1ccc(NC(=O)/C(C#N)=C/c2ccc(OCc3ccccc3Br)c(OC)c2)cc1. The highest BCUT2D eigenvalue weighted by molar-refractivity contribution is 9.10. The summed E-state index contributed by atoms with van der Waals surface area (Å²) in [5.74, 6) is 0.614. The van der Waals surface area contributed by atoms with Gasteiger partial charge in [-0.1, -0.05) is 59.3 Å². The van der Waals surface area contributed by atoms with Gasteiger partial charge in [0.2, 0.25) is 0 Å². The first-order valence-corrected chi connectivity index (χ1v) is 10.9. The quantitative estimate of drug-likeness (QED) is 0.303. The van der Waals surface area contributed by atoms with Gasteiger partial charge in [0.1, 0.15) is 18.2 Å². The first-order valence-electron chi connectivity index (χ1n) is 10.1. The summed E-state index contributed by atoms with van der Waals surface area (Å²) < 4.78 is 12.3. The molecule has 5 nitrogen and oxygen atoms in total. The van der Waals surface area contributed by atoms with Gasteiger partial charge in [0.25, 0.3) is 5.91 Å². The van der Waals surface area contributed by atoms with Crippen molar-refractivity contribution in [1.29, 1.82) is 5.26 Å². The van der Waals surface area contributed by atoms with Gasteiger partial charge >= 0.3 is 0 Å². The number of halogens is 1. The molecular weight excluding hydrogens is 468 g/mol. The molecule has 0 unspecified atom stereocenters. The minimum atomic E-state index is -0.468. The number of benzene rings is 3. The molecule has 0 aliphatic rings. The van der Waals surface area contributed by atoms with Crippen LogP contribution in [-0.2, 0) is 17.8 Å². The molecule has 0 saturated heterocycles. The maximum Gasteiger partial charge on any atom is 0.266 e. The van der Waals surface area contributed by atoms with E-state index in [1.54, 1.807) is 25.3 Å². The van der Waals surface area contributed by atoms with Gasteiger partial charge in [-0.15, -0.1) is 0 Å². The van der Waals surface area contributed by atoms with E-state index < -0.39 is 5.91 Å². The molecule has 0 saturated carbocycles. The molecular formula is C26H23BrN2O3. The van der Waals surface area contributed by atoms with Crippen LogP contribution in [0.15, 0.2) is 76.8 Å². The summed E-state index contributed by atoms with van der Waals surface area (Å²) in [5.41, 5.74) is 3.47. The Kier molecular flexibility index (Phi) is 8.07. The molecule has 162 valence electrons. The van der Waals surface area contributed by atoms with E-state index in [0.29, 0.717) is 29.4 Å². The number of aryl methyl sites for hydroxylation is 1. The lowest BCUT2D eigenvalue weighted by molar-refractivity contribution is -0.112. The highest BCUT2D eigenvalue weighted by atomic mass is 79.9. The number of anilines is 1. The van der Waals surface area contributed by atoms with Crippen molar-refractivity contribution in [2.75, 3.05) is 12.4 Å². The van der Waals surface area contributed by atoms with Gasteiger partial charge in [0, 0.05) is 15.7 Å². The Morgan fingerprint density at radius 2 is 1.84 bits per heavy atom. The van der Waals surface area contributed by atoms with Gasteiger partial charge in [-0.3, -0.25) is 4.79 Å². The topological polar surface area (TPSA) is 71.4 Å². The van der Waals surface area contributed by atoms with Gasteiger partial charge < -0.3 is 14.8 Å². The maximum absolute atomic E-state index is 12.6. The van der Waals surface area contributed by atoms with Crippen molar-refractivity contribution in [1.82, 2.24) is 0 Å². The third-order valence-electron chi connectivity index (χ3n) is 4.82. The van der Waals surface area contributed by atoms with E-state index in [2.05, 4.69) is 28.2 Å². The Bertz CT molecular complexity index is 1160. The normalized spacial score (nSPS) is 10.9. The number of amides is 1. The molecule has 0 spiro atoms. The van der Waals surface area contributed by atoms with Crippen LogP contribution >= 0.6 is 15.9 Å². The van der Waals surface area contributed by atoms with E-state index in [1.807, 2.05) is 54.6 Å². The average molecular weight is 491 g/mol. The third kappa shape index (κ3) is 5.99. The second kappa shape index (κ2) is 11.2. The zero-order valence-corrected chi connectivity index (χ0v) is 19.5. The first-order chi connectivity index (χ1) is 15.5. The van der Waals surface area contributed by atoms with Crippen molar-refractivity contribution >= 4 is 33.6 Å². The predicted octanol–water partition coefficient (Wildman–Crippen LogP) is 6.14. The van der Waals surface area contributed by atoms with Crippen molar-refractivity contribution in [3.63, 3.8) is 0 Å². The summed E-state index contributed by atoms with van der Waals surface area (Å²) in [6, 6.07) is 22.6. The lowest BCUT2D eigenvalue weighted by atomic mass is 10.1. The van der Waals surface area contributed by atoms with E-state index in [0.717, 1.165) is 16.5 Å². The number of rotatable bonds is 8. The number of hydrogen-bond acceptors (Lipinski definition) is 4. The van der Waals surface area contributed by atoms with Crippen LogP contribution in [0.25, 0.3) is 6.08 Å². The monoisotopic (exact) mass is 490 g/mol. The Balaban J connectivity index is 1.74. The summed E-state index contributed by atoms with van der Waals surface area (Å²) in [7, 11) is 1.55. The lowest BCUT2D eigenvalue weighted by Gasteiger charge is -2.12. The second-order valence-corrected chi connectivity index (χ2v) is 7.82. The lowest BCUT2D eigenvalue weighted by Crippen LogP contribution is -2.13. The van der Waals surface area contributed by atoms with Crippen LogP contribution in [0, 0.1) is 11.3 Å². The molecule has 0 aliphatic carbocycles. The van der Waals surface area contributed by atoms with Gasteiger partial charge in [-0.05, 0) is 54.0 Å². The summed E-state index contributed by atoms with van der Waals surface area (Å²) in [5, 5.41) is 12.3. The van der Waals surface area contributed by atoms with Crippen LogP contribution in [0.3, 0.4) is 0 Å². The molecule has 0 atom stereocenters. The molecule has 32 heavy (non-hydrogen) atoms. The Labute approximate surface area is 196 Å². The van der Waals surface area contributed by atoms with E-state index in [-0.39, 0.29) is 5.57 Å². The van der Waals surface area contributed by atoms with Crippen LogP contribution in [0.5, 0.6) is 11.5 Å². The maximum atomic E-state index is 12.6. The van der Waals surface area contributed by atoms with E-state index in [1.165, 1.54) is 11.6 Å². The zero-order valence-electron chi connectivity index (χ0n) is 17.9. The molecule has 0 aliphatic heterocycles. The largest absolute Gasteiger partial charge is 0.493 e. The smallest absolute Gasteiger partial charge is 0.266 e. The first kappa shape index (κ1) is 23.1. The number of carbonyl (C=O) groups excluding carboxylic acids is 1. The molecule has 3 aromatic rings. The molecule has 0 heterocycles. The Morgan fingerprint density at radius 1 is 1.09 bits per heavy atom. The zero-order chi connectivity index (χ0) is 22.9. The highest BCUT2D eigenvalue weighted by Gasteiger charge is 2.12. The van der Waals surface area contributed by atoms with Gasteiger partial charge in [0.15, 0.2) is 11.5 Å².